The van der Waals surface area contributed by atoms with Gasteiger partial charge in [0, 0.05) is 13.1 Å². The highest BCUT2D eigenvalue weighted by Crippen LogP contribution is 2.03. The van der Waals surface area contributed by atoms with Crippen LogP contribution in [0.5, 0.6) is 0 Å². The Morgan fingerprint density at radius 3 is 1.90 bits per heavy atom. The molecule has 110 valence electrons. The van der Waals surface area contributed by atoms with Crippen molar-refractivity contribution in [1.82, 2.24) is 10.6 Å². The molecule has 5 heteroatoms. The quantitative estimate of drug-likeness (QED) is 0.830. The van der Waals surface area contributed by atoms with E-state index in [-0.39, 0.29) is 11.6 Å². The Labute approximate surface area is 128 Å². The van der Waals surface area contributed by atoms with Crippen molar-refractivity contribution in [3.8, 4) is 0 Å². The number of hydrogen-bond donors (Lipinski definition) is 2. The number of hydrogen-bond acceptors (Lipinski definition) is 1. The van der Waals surface area contributed by atoms with E-state index in [9.17, 15) is 8.78 Å². The van der Waals surface area contributed by atoms with Gasteiger partial charge in [-0.25, -0.2) is 8.78 Å². The lowest BCUT2D eigenvalue weighted by molar-refractivity contribution is 0.626. The Balaban J connectivity index is 1.67. The Kier molecular flexibility index (Phi) is 5.63. The molecule has 0 bridgehead atoms. The smallest absolute Gasteiger partial charge is 0.166 e. The van der Waals surface area contributed by atoms with E-state index in [2.05, 4.69) is 10.6 Å². The minimum atomic E-state index is -0.251. The third-order valence-corrected chi connectivity index (χ3v) is 3.27. The molecule has 2 aromatic carbocycles. The largest absolute Gasteiger partial charge is 0.362 e. The highest BCUT2D eigenvalue weighted by Gasteiger charge is 1.98. The molecule has 2 rings (SSSR count). The summed E-state index contributed by atoms with van der Waals surface area (Å²) < 4.78 is 25.5. The Morgan fingerprint density at radius 2 is 1.33 bits per heavy atom. The second-order valence-electron chi connectivity index (χ2n) is 4.61. The van der Waals surface area contributed by atoms with Gasteiger partial charge in [-0.05, 0) is 54.0 Å². The summed E-state index contributed by atoms with van der Waals surface area (Å²) in [6.07, 6.45) is 0.763. The van der Waals surface area contributed by atoms with Crippen molar-refractivity contribution in [2.24, 2.45) is 0 Å². The molecular weight excluding hydrogens is 290 g/mol. The van der Waals surface area contributed by atoms with Gasteiger partial charge in [-0.3, -0.25) is 0 Å². The fourth-order valence-electron chi connectivity index (χ4n) is 1.82. The fraction of sp³-hybridized carbons (Fsp3) is 0.188. The standard InChI is InChI=1S/C16H16F2N2S/c17-14-5-1-12(2-6-14)9-10-19-16(21)20-11-13-3-7-15(18)8-4-13/h1-8H,9-11H2,(H2,19,20,21). The van der Waals surface area contributed by atoms with Crippen LogP contribution in [0.4, 0.5) is 8.78 Å². The van der Waals surface area contributed by atoms with Crippen LogP contribution in [0.25, 0.3) is 0 Å². The molecule has 0 unspecified atom stereocenters. The van der Waals surface area contributed by atoms with E-state index >= 15 is 0 Å². The van der Waals surface area contributed by atoms with Gasteiger partial charge in [-0.15, -0.1) is 0 Å². The average Bonchev–Trinajstić information content (AvgIpc) is 2.49. The van der Waals surface area contributed by atoms with Crippen LogP contribution in [-0.4, -0.2) is 11.7 Å². The fourth-order valence-corrected chi connectivity index (χ4v) is 1.99. The lowest BCUT2D eigenvalue weighted by Crippen LogP contribution is -2.35. The first-order valence-corrected chi connectivity index (χ1v) is 7.05. The van der Waals surface area contributed by atoms with Gasteiger partial charge in [0.1, 0.15) is 11.6 Å². The Hall–Kier alpha value is -2.01. The van der Waals surface area contributed by atoms with Gasteiger partial charge in [-0.2, -0.15) is 0 Å². The van der Waals surface area contributed by atoms with Crippen LogP contribution >= 0.6 is 12.2 Å². The number of halogens is 2. The number of benzene rings is 2. The Bertz CT molecular complexity index is 582. The van der Waals surface area contributed by atoms with E-state index in [0.29, 0.717) is 18.2 Å². The normalized spacial score (nSPS) is 10.2. The molecule has 0 amide bonds. The van der Waals surface area contributed by atoms with Crippen LogP contribution in [0.2, 0.25) is 0 Å². The van der Waals surface area contributed by atoms with Crippen LogP contribution in [0.3, 0.4) is 0 Å². The summed E-state index contributed by atoms with van der Waals surface area (Å²) >= 11 is 5.16. The lowest BCUT2D eigenvalue weighted by Gasteiger charge is -2.10. The summed E-state index contributed by atoms with van der Waals surface area (Å²) in [5.74, 6) is -0.484. The summed E-state index contributed by atoms with van der Waals surface area (Å²) in [5, 5.41) is 6.67. The van der Waals surface area contributed by atoms with E-state index in [1.54, 1.807) is 24.3 Å². The van der Waals surface area contributed by atoms with Gasteiger partial charge in [-0.1, -0.05) is 24.3 Å². The summed E-state index contributed by atoms with van der Waals surface area (Å²) in [4.78, 5) is 0. The topological polar surface area (TPSA) is 24.1 Å². The average molecular weight is 306 g/mol. The van der Waals surface area contributed by atoms with E-state index in [4.69, 9.17) is 12.2 Å². The van der Waals surface area contributed by atoms with Crippen LogP contribution in [-0.2, 0) is 13.0 Å². The molecule has 21 heavy (non-hydrogen) atoms. The van der Waals surface area contributed by atoms with Crippen LogP contribution in [0.15, 0.2) is 48.5 Å². The molecule has 0 aliphatic rings. The molecule has 0 saturated heterocycles. The SMILES string of the molecule is Fc1ccc(CCNC(=S)NCc2ccc(F)cc2)cc1. The third-order valence-electron chi connectivity index (χ3n) is 2.98. The minimum Gasteiger partial charge on any atom is -0.362 e. The third kappa shape index (κ3) is 5.47. The van der Waals surface area contributed by atoms with Crippen LogP contribution in [0, 0.1) is 11.6 Å². The molecule has 2 nitrogen and oxygen atoms in total. The molecule has 2 N–H and O–H groups in total. The number of nitrogens with one attached hydrogen (secondary N) is 2. The first-order valence-electron chi connectivity index (χ1n) is 6.64. The van der Waals surface area contributed by atoms with Gasteiger partial charge in [0.2, 0.25) is 0 Å². The number of thiocarbonyl (C=S) groups is 1. The van der Waals surface area contributed by atoms with Crippen molar-refractivity contribution < 1.29 is 8.78 Å². The molecular formula is C16H16F2N2S. The molecule has 0 aliphatic heterocycles. The van der Waals surface area contributed by atoms with Gasteiger partial charge >= 0.3 is 0 Å². The van der Waals surface area contributed by atoms with Crippen molar-refractivity contribution in [2.75, 3.05) is 6.54 Å². The maximum atomic E-state index is 12.8. The Morgan fingerprint density at radius 1 is 0.810 bits per heavy atom. The maximum absolute atomic E-state index is 12.8. The highest BCUT2D eigenvalue weighted by molar-refractivity contribution is 7.80. The van der Waals surface area contributed by atoms with Gasteiger partial charge in [0.25, 0.3) is 0 Å². The monoisotopic (exact) mass is 306 g/mol. The van der Waals surface area contributed by atoms with E-state index in [1.165, 1.54) is 24.3 Å². The zero-order valence-electron chi connectivity index (χ0n) is 11.4. The molecule has 0 aliphatic carbocycles. The van der Waals surface area contributed by atoms with Crippen molar-refractivity contribution in [3.63, 3.8) is 0 Å². The summed E-state index contributed by atoms with van der Waals surface area (Å²) in [6, 6.07) is 12.7. The molecule has 0 atom stereocenters. The van der Waals surface area contributed by atoms with E-state index < -0.39 is 0 Å². The predicted octanol–water partition coefficient (Wildman–Crippen LogP) is 3.17. The molecule has 2 aromatic rings. The van der Waals surface area contributed by atoms with E-state index in [0.717, 1.165) is 17.5 Å². The number of rotatable bonds is 5. The van der Waals surface area contributed by atoms with Gasteiger partial charge < -0.3 is 10.6 Å². The summed E-state index contributed by atoms with van der Waals surface area (Å²) in [6.45, 7) is 1.21. The van der Waals surface area contributed by atoms with Crippen LogP contribution < -0.4 is 10.6 Å². The second-order valence-corrected chi connectivity index (χ2v) is 5.02. The molecule has 0 fully saturated rings. The van der Waals surface area contributed by atoms with E-state index in [1.807, 2.05) is 0 Å². The first kappa shape index (κ1) is 15.4. The van der Waals surface area contributed by atoms with Crippen molar-refractivity contribution in [1.29, 1.82) is 0 Å². The lowest BCUT2D eigenvalue weighted by atomic mass is 10.1. The maximum Gasteiger partial charge on any atom is 0.166 e. The molecule has 0 aromatic heterocycles. The summed E-state index contributed by atoms with van der Waals surface area (Å²) in [5.41, 5.74) is 2.00. The van der Waals surface area contributed by atoms with Crippen LogP contribution in [0.1, 0.15) is 11.1 Å². The zero-order valence-corrected chi connectivity index (χ0v) is 12.2. The summed E-state index contributed by atoms with van der Waals surface area (Å²) in [7, 11) is 0. The van der Waals surface area contributed by atoms with Crippen molar-refractivity contribution >= 4 is 17.3 Å². The second kappa shape index (κ2) is 7.69. The predicted molar refractivity (Wildman–Crippen MR) is 83.9 cm³/mol. The van der Waals surface area contributed by atoms with Crippen molar-refractivity contribution in [2.45, 2.75) is 13.0 Å². The molecule has 0 heterocycles. The first-order chi connectivity index (χ1) is 10.1. The molecule has 0 spiro atoms. The van der Waals surface area contributed by atoms with Gasteiger partial charge in [0.05, 0.1) is 0 Å². The van der Waals surface area contributed by atoms with Crippen molar-refractivity contribution in [3.05, 3.63) is 71.3 Å². The zero-order chi connectivity index (χ0) is 15.1. The highest BCUT2D eigenvalue weighted by atomic mass is 32.1. The molecule has 0 radical (unpaired) electrons. The minimum absolute atomic E-state index is 0.233. The molecule has 0 saturated carbocycles. The van der Waals surface area contributed by atoms with Gasteiger partial charge in [0.15, 0.2) is 5.11 Å².